The lowest BCUT2D eigenvalue weighted by atomic mass is 10.0. The first-order valence-corrected chi connectivity index (χ1v) is 6.11. The molecule has 2 aromatic carbocycles. The molecule has 0 amide bonds. The topological polar surface area (TPSA) is 54.4 Å². The molecule has 0 aliphatic heterocycles. The van der Waals surface area contributed by atoms with Crippen molar-refractivity contribution in [3.63, 3.8) is 0 Å². The minimum atomic E-state index is -0.954. The van der Waals surface area contributed by atoms with Gasteiger partial charge in [-0.3, -0.25) is 4.79 Å². The lowest BCUT2D eigenvalue weighted by molar-refractivity contribution is 0.0696. The van der Waals surface area contributed by atoms with Crippen LogP contribution in [0.1, 0.15) is 27.6 Å². The van der Waals surface area contributed by atoms with Crippen LogP contribution in [-0.2, 0) is 0 Å². The molecule has 3 nitrogen and oxygen atoms in total. The number of rotatable bonds is 3. The highest BCUT2D eigenvalue weighted by Crippen LogP contribution is 2.27. The predicted molar refractivity (Wildman–Crippen MR) is 76.1 cm³/mol. The molecule has 19 heavy (non-hydrogen) atoms. The molecule has 2 rings (SSSR count). The van der Waals surface area contributed by atoms with E-state index in [1.807, 2.05) is 6.07 Å². The summed E-state index contributed by atoms with van der Waals surface area (Å²) in [6, 6.07) is 11.8. The highest BCUT2D eigenvalue weighted by atomic mass is 32.1. The van der Waals surface area contributed by atoms with E-state index in [-0.39, 0.29) is 11.3 Å². The average molecular weight is 272 g/mol. The van der Waals surface area contributed by atoms with E-state index in [9.17, 15) is 9.59 Å². The molecule has 0 unspecified atom stereocenters. The minimum Gasteiger partial charge on any atom is -0.478 e. The fourth-order valence-corrected chi connectivity index (χ4v) is 2.13. The Bertz CT molecular complexity index is 645. The Kier molecular flexibility index (Phi) is 3.71. The van der Waals surface area contributed by atoms with Crippen molar-refractivity contribution in [2.75, 3.05) is 0 Å². The fraction of sp³-hybridized carbons (Fsp3) is 0.0667. The van der Waals surface area contributed by atoms with Crippen LogP contribution in [0.4, 0.5) is 0 Å². The van der Waals surface area contributed by atoms with Gasteiger partial charge in [0, 0.05) is 10.5 Å². The van der Waals surface area contributed by atoms with Gasteiger partial charge in [-0.2, -0.15) is 0 Å². The molecule has 0 spiro atoms. The summed E-state index contributed by atoms with van der Waals surface area (Å²) in [5.41, 5.74) is 2.58. The van der Waals surface area contributed by atoms with Crippen LogP contribution >= 0.6 is 12.6 Å². The first-order valence-electron chi connectivity index (χ1n) is 5.66. The van der Waals surface area contributed by atoms with Crippen LogP contribution in [0.2, 0.25) is 0 Å². The third-order valence-electron chi connectivity index (χ3n) is 2.85. The van der Waals surface area contributed by atoms with E-state index in [1.165, 1.54) is 6.92 Å². The SMILES string of the molecule is CC(=O)c1ccc(-c2ccc(C(=O)O)cc2)c(S)c1. The van der Waals surface area contributed by atoms with Crippen molar-refractivity contribution in [3.05, 3.63) is 53.6 Å². The minimum absolute atomic E-state index is 0.0110. The van der Waals surface area contributed by atoms with Gasteiger partial charge < -0.3 is 5.11 Å². The molecule has 2 aromatic rings. The lowest BCUT2D eigenvalue weighted by Crippen LogP contribution is -1.95. The summed E-state index contributed by atoms with van der Waals surface area (Å²) >= 11 is 4.37. The van der Waals surface area contributed by atoms with Crippen LogP contribution in [0.3, 0.4) is 0 Å². The monoisotopic (exact) mass is 272 g/mol. The molecule has 0 aliphatic rings. The molecule has 0 heterocycles. The summed E-state index contributed by atoms with van der Waals surface area (Å²) in [6.45, 7) is 1.50. The summed E-state index contributed by atoms with van der Waals surface area (Å²) in [7, 11) is 0. The molecule has 0 saturated carbocycles. The normalized spacial score (nSPS) is 10.2. The van der Waals surface area contributed by atoms with E-state index in [0.717, 1.165) is 11.1 Å². The predicted octanol–water partition coefficient (Wildman–Crippen LogP) is 3.54. The fourth-order valence-electron chi connectivity index (χ4n) is 1.79. The second kappa shape index (κ2) is 5.28. The van der Waals surface area contributed by atoms with E-state index in [1.54, 1.807) is 36.4 Å². The summed E-state index contributed by atoms with van der Waals surface area (Å²) in [5.74, 6) is -0.965. The van der Waals surface area contributed by atoms with E-state index >= 15 is 0 Å². The van der Waals surface area contributed by atoms with Gasteiger partial charge in [0.15, 0.2) is 5.78 Å². The zero-order chi connectivity index (χ0) is 14.0. The van der Waals surface area contributed by atoms with Gasteiger partial charge in [-0.1, -0.05) is 24.3 Å². The summed E-state index contributed by atoms with van der Waals surface area (Å²) in [4.78, 5) is 22.7. The first-order chi connectivity index (χ1) is 8.99. The Labute approximate surface area is 116 Å². The molecule has 0 aromatic heterocycles. The molecular formula is C15H12O3S. The standard InChI is InChI=1S/C15H12O3S/c1-9(16)12-6-7-13(14(19)8-12)10-2-4-11(5-3-10)15(17)18/h2-8,19H,1H3,(H,17,18). The number of hydrogen-bond acceptors (Lipinski definition) is 3. The number of Topliss-reactive ketones (excluding diaryl/α,β-unsaturated/α-hetero) is 1. The van der Waals surface area contributed by atoms with Crippen LogP contribution < -0.4 is 0 Å². The van der Waals surface area contributed by atoms with Crippen LogP contribution in [0.5, 0.6) is 0 Å². The van der Waals surface area contributed by atoms with Gasteiger partial charge in [0.1, 0.15) is 0 Å². The third-order valence-corrected chi connectivity index (χ3v) is 3.22. The molecule has 0 aliphatic carbocycles. The second-order valence-electron chi connectivity index (χ2n) is 4.17. The zero-order valence-electron chi connectivity index (χ0n) is 10.3. The number of hydrogen-bond donors (Lipinski definition) is 2. The molecule has 1 N–H and O–H groups in total. The van der Waals surface area contributed by atoms with Crippen molar-refractivity contribution in [2.45, 2.75) is 11.8 Å². The Morgan fingerprint density at radius 1 is 1.00 bits per heavy atom. The van der Waals surface area contributed by atoms with Gasteiger partial charge in [0.05, 0.1) is 5.56 Å². The van der Waals surface area contributed by atoms with E-state index < -0.39 is 5.97 Å². The number of carbonyl (C=O) groups is 2. The van der Waals surface area contributed by atoms with Gasteiger partial charge in [0.2, 0.25) is 0 Å². The van der Waals surface area contributed by atoms with Crippen molar-refractivity contribution < 1.29 is 14.7 Å². The molecule has 0 radical (unpaired) electrons. The Morgan fingerprint density at radius 2 is 1.58 bits per heavy atom. The molecule has 0 fully saturated rings. The maximum atomic E-state index is 11.3. The van der Waals surface area contributed by atoms with E-state index in [0.29, 0.717) is 10.5 Å². The number of ketones is 1. The first kappa shape index (κ1) is 13.4. The van der Waals surface area contributed by atoms with Crippen LogP contribution in [0.25, 0.3) is 11.1 Å². The number of carbonyl (C=O) groups excluding carboxylic acids is 1. The zero-order valence-corrected chi connectivity index (χ0v) is 11.1. The van der Waals surface area contributed by atoms with Crippen LogP contribution in [0, 0.1) is 0 Å². The molecule has 96 valence electrons. The highest BCUT2D eigenvalue weighted by Gasteiger charge is 2.07. The molecule has 0 bridgehead atoms. The van der Waals surface area contributed by atoms with E-state index in [2.05, 4.69) is 12.6 Å². The van der Waals surface area contributed by atoms with Gasteiger partial charge in [-0.05, 0) is 36.2 Å². The maximum Gasteiger partial charge on any atom is 0.335 e. The molecule has 4 heteroatoms. The number of benzene rings is 2. The van der Waals surface area contributed by atoms with E-state index in [4.69, 9.17) is 5.11 Å². The van der Waals surface area contributed by atoms with Gasteiger partial charge in [-0.15, -0.1) is 12.6 Å². The van der Waals surface area contributed by atoms with Crippen molar-refractivity contribution in [3.8, 4) is 11.1 Å². The summed E-state index contributed by atoms with van der Waals surface area (Å²) in [6.07, 6.45) is 0. The summed E-state index contributed by atoms with van der Waals surface area (Å²) < 4.78 is 0. The number of carboxylic acids is 1. The number of thiol groups is 1. The van der Waals surface area contributed by atoms with Gasteiger partial charge >= 0.3 is 5.97 Å². The van der Waals surface area contributed by atoms with Crippen LogP contribution in [-0.4, -0.2) is 16.9 Å². The summed E-state index contributed by atoms with van der Waals surface area (Å²) in [5, 5.41) is 8.85. The van der Waals surface area contributed by atoms with Crippen molar-refractivity contribution in [1.29, 1.82) is 0 Å². The molecule has 0 saturated heterocycles. The van der Waals surface area contributed by atoms with Crippen molar-refractivity contribution in [1.82, 2.24) is 0 Å². The number of aromatic carboxylic acids is 1. The maximum absolute atomic E-state index is 11.3. The lowest BCUT2D eigenvalue weighted by Gasteiger charge is -2.07. The smallest absolute Gasteiger partial charge is 0.335 e. The quantitative estimate of drug-likeness (QED) is 0.663. The van der Waals surface area contributed by atoms with Gasteiger partial charge in [0.25, 0.3) is 0 Å². The van der Waals surface area contributed by atoms with Gasteiger partial charge in [-0.25, -0.2) is 4.79 Å². The highest BCUT2D eigenvalue weighted by molar-refractivity contribution is 7.80. The van der Waals surface area contributed by atoms with Crippen molar-refractivity contribution >= 4 is 24.4 Å². The average Bonchev–Trinajstić information content (AvgIpc) is 2.38. The van der Waals surface area contributed by atoms with Crippen molar-refractivity contribution in [2.24, 2.45) is 0 Å². The molecular weight excluding hydrogens is 260 g/mol. The Hall–Kier alpha value is -2.07. The Morgan fingerprint density at radius 3 is 2.05 bits per heavy atom. The molecule has 0 atom stereocenters. The Balaban J connectivity index is 2.41. The number of carboxylic acid groups (broad SMARTS) is 1. The largest absolute Gasteiger partial charge is 0.478 e. The second-order valence-corrected chi connectivity index (χ2v) is 4.65. The van der Waals surface area contributed by atoms with Crippen LogP contribution in [0.15, 0.2) is 47.4 Å². The third kappa shape index (κ3) is 2.85.